The molecule has 0 aliphatic heterocycles. The highest BCUT2D eigenvalue weighted by atomic mass is 16.3. The van der Waals surface area contributed by atoms with Crippen molar-refractivity contribution in [2.24, 2.45) is 0 Å². The minimum absolute atomic E-state index is 0.0242. The Morgan fingerprint density at radius 3 is 2.60 bits per heavy atom. The second-order valence-corrected chi connectivity index (χ2v) is 4.78. The van der Waals surface area contributed by atoms with Gasteiger partial charge in [-0.3, -0.25) is 10.4 Å². The van der Waals surface area contributed by atoms with E-state index in [0.717, 1.165) is 11.3 Å². The van der Waals surface area contributed by atoms with Gasteiger partial charge in [0, 0.05) is 17.8 Å². The molecule has 2 aromatic heterocycles. The van der Waals surface area contributed by atoms with Crippen LogP contribution in [0.5, 0.6) is 0 Å². The molecule has 1 aromatic carbocycles. The number of nitrogens with zero attached hydrogens (tertiary/aromatic N) is 1. The number of furan rings is 1. The van der Waals surface area contributed by atoms with Crippen molar-refractivity contribution in [1.29, 1.82) is 0 Å². The normalized spacial score (nSPS) is 14.1. The Bertz CT molecular complexity index is 617. The molecule has 0 radical (unpaired) electrons. The summed E-state index contributed by atoms with van der Waals surface area (Å²) in [6, 6.07) is 14.4. The Morgan fingerprint density at radius 2 is 1.95 bits per heavy atom. The molecule has 20 heavy (non-hydrogen) atoms. The van der Waals surface area contributed by atoms with Gasteiger partial charge >= 0.3 is 0 Å². The van der Waals surface area contributed by atoms with Gasteiger partial charge in [0.15, 0.2) is 0 Å². The predicted molar refractivity (Wildman–Crippen MR) is 77.1 cm³/mol. The summed E-state index contributed by atoms with van der Waals surface area (Å²) in [6.07, 6.45) is 5.44. The number of aromatic amines is 1. The van der Waals surface area contributed by atoms with Crippen molar-refractivity contribution in [3.63, 3.8) is 0 Å². The van der Waals surface area contributed by atoms with Crippen LogP contribution < -0.4 is 5.32 Å². The van der Waals surface area contributed by atoms with E-state index in [1.165, 1.54) is 5.56 Å². The third-order valence-electron chi connectivity index (χ3n) is 3.40. The Labute approximate surface area is 117 Å². The molecule has 0 saturated carbocycles. The van der Waals surface area contributed by atoms with Gasteiger partial charge in [0.2, 0.25) is 0 Å². The van der Waals surface area contributed by atoms with Gasteiger partial charge in [-0.1, -0.05) is 30.3 Å². The first-order valence-electron chi connectivity index (χ1n) is 6.67. The molecule has 0 spiro atoms. The molecule has 0 bridgehead atoms. The van der Waals surface area contributed by atoms with Crippen LogP contribution in [-0.2, 0) is 0 Å². The van der Waals surface area contributed by atoms with Gasteiger partial charge in [0.25, 0.3) is 0 Å². The molecule has 0 aliphatic rings. The SMILES string of the molecule is CC(NC(c1ccccc1)c1ccco1)c1cn[nH]c1. The van der Waals surface area contributed by atoms with E-state index in [9.17, 15) is 0 Å². The molecule has 2 atom stereocenters. The van der Waals surface area contributed by atoms with Crippen molar-refractivity contribution in [2.45, 2.75) is 19.0 Å². The summed E-state index contributed by atoms with van der Waals surface area (Å²) in [5.41, 5.74) is 2.30. The highest BCUT2D eigenvalue weighted by Gasteiger charge is 2.19. The Balaban J connectivity index is 1.87. The second kappa shape index (κ2) is 5.75. The summed E-state index contributed by atoms with van der Waals surface area (Å²) < 4.78 is 5.58. The van der Waals surface area contributed by atoms with E-state index in [0.29, 0.717) is 0 Å². The highest BCUT2D eigenvalue weighted by Crippen LogP contribution is 2.25. The third kappa shape index (κ3) is 2.65. The molecule has 4 heteroatoms. The van der Waals surface area contributed by atoms with Gasteiger partial charge in [-0.25, -0.2) is 0 Å². The average molecular weight is 267 g/mol. The summed E-state index contributed by atoms with van der Waals surface area (Å²) in [5, 5.41) is 10.4. The first kappa shape index (κ1) is 12.7. The minimum Gasteiger partial charge on any atom is -0.467 e. The van der Waals surface area contributed by atoms with E-state index in [-0.39, 0.29) is 12.1 Å². The lowest BCUT2D eigenvalue weighted by Crippen LogP contribution is -2.25. The highest BCUT2D eigenvalue weighted by molar-refractivity contribution is 5.27. The van der Waals surface area contributed by atoms with E-state index in [2.05, 4.69) is 34.6 Å². The van der Waals surface area contributed by atoms with Crippen LogP contribution in [0.3, 0.4) is 0 Å². The number of H-pyrrole nitrogens is 1. The predicted octanol–water partition coefficient (Wildman–Crippen LogP) is 3.44. The van der Waals surface area contributed by atoms with E-state index in [1.54, 1.807) is 6.26 Å². The number of hydrogen-bond donors (Lipinski definition) is 2. The Kier molecular flexibility index (Phi) is 3.65. The van der Waals surface area contributed by atoms with Crippen molar-refractivity contribution in [3.8, 4) is 0 Å². The Morgan fingerprint density at radius 1 is 1.10 bits per heavy atom. The van der Waals surface area contributed by atoms with Crippen molar-refractivity contribution in [3.05, 3.63) is 78.0 Å². The van der Waals surface area contributed by atoms with E-state index < -0.39 is 0 Å². The van der Waals surface area contributed by atoms with Gasteiger partial charge in [-0.05, 0) is 24.6 Å². The fourth-order valence-corrected chi connectivity index (χ4v) is 2.29. The quantitative estimate of drug-likeness (QED) is 0.744. The van der Waals surface area contributed by atoms with Crippen molar-refractivity contribution in [2.75, 3.05) is 0 Å². The fourth-order valence-electron chi connectivity index (χ4n) is 2.29. The zero-order valence-electron chi connectivity index (χ0n) is 11.3. The maximum atomic E-state index is 5.58. The lowest BCUT2D eigenvalue weighted by molar-refractivity contribution is 0.419. The zero-order valence-corrected chi connectivity index (χ0v) is 11.3. The monoisotopic (exact) mass is 267 g/mol. The van der Waals surface area contributed by atoms with Crippen molar-refractivity contribution < 1.29 is 4.42 Å². The van der Waals surface area contributed by atoms with Crippen LogP contribution in [0.4, 0.5) is 0 Å². The van der Waals surface area contributed by atoms with Crippen LogP contribution in [0.1, 0.15) is 35.9 Å². The van der Waals surface area contributed by atoms with Gasteiger partial charge in [-0.2, -0.15) is 5.10 Å². The van der Waals surface area contributed by atoms with E-state index in [4.69, 9.17) is 4.42 Å². The summed E-state index contributed by atoms with van der Waals surface area (Å²) in [4.78, 5) is 0. The van der Waals surface area contributed by atoms with Gasteiger partial charge in [-0.15, -0.1) is 0 Å². The van der Waals surface area contributed by atoms with Crippen LogP contribution in [0, 0.1) is 0 Å². The molecule has 102 valence electrons. The third-order valence-corrected chi connectivity index (χ3v) is 3.40. The summed E-state index contributed by atoms with van der Waals surface area (Å²) in [7, 11) is 0. The summed E-state index contributed by atoms with van der Waals surface area (Å²) >= 11 is 0. The average Bonchev–Trinajstić information content (AvgIpc) is 3.18. The lowest BCUT2D eigenvalue weighted by atomic mass is 10.0. The molecule has 2 heterocycles. The first-order valence-corrected chi connectivity index (χ1v) is 6.67. The molecule has 4 nitrogen and oxygen atoms in total. The van der Waals surface area contributed by atoms with Crippen LogP contribution in [-0.4, -0.2) is 10.2 Å². The standard InChI is InChI=1S/C16H17N3O/c1-12(14-10-17-18-11-14)19-16(15-8-5-9-20-15)13-6-3-2-4-7-13/h2-12,16,19H,1H3,(H,17,18). The summed E-state index contributed by atoms with van der Waals surface area (Å²) in [5.74, 6) is 0.909. The number of aromatic nitrogens is 2. The molecule has 2 unspecified atom stereocenters. The molecule has 2 N–H and O–H groups in total. The van der Waals surface area contributed by atoms with Gasteiger partial charge < -0.3 is 4.42 Å². The lowest BCUT2D eigenvalue weighted by Gasteiger charge is -2.21. The number of hydrogen-bond acceptors (Lipinski definition) is 3. The van der Waals surface area contributed by atoms with Gasteiger partial charge in [0.1, 0.15) is 5.76 Å². The topological polar surface area (TPSA) is 53.9 Å². The second-order valence-electron chi connectivity index (χ2n) is 4.78. The van der Waals surface area contributed by atoms with Crippen LogP contribution in [0.25, 0.3) is 0 Å². The van der Waals surface area contributed by atoms with E-state index in [1.807, 2.05) is 42.7 Å². The molecular weight excluding hydrogens is 250 g/mol. The Hall–Kier alpha value is -2.33. The van der Waals surface area contributed by atoms with Gasteiger partial charge in [0.05, 0.1) is 18.5 Å². The maximum absolute atomic E-state index is 5.58. The molecular formula is C16H17N3O. The number of benzene rings is 1. The van der Waals surface area contributed by atoms with Crippen LogP contribution >= 0.6 is 0 Å². The number of rotatable bonds is 5. The minimum atomic E-state index is 0.0242. The molecule has 0 amide bonds. The summed E-state index contributed by atoms with van der Waals surface area (Å²) in [6.45, 7) is 2.11. The molecule has 3 rings (SSSR count). The molecule has 0 fully saturated rings. The zero-order chi connectivity index (χ0) is 13.8. The number of nitrogens with one attached hydrogen (secondary N) is 2. The van der Waals surface area contributed by atoms with Crippen LogP contribution in [0.2, 0.25) is 0 Å². The smallest absolute Gasteiger partial charge is 0.125 e. The molecule has 0 aliphatic carbocycles. The van der Waals surface area contributed by atoms with Crippen LogP contribution in [0.15, 0.2) is 65.5 Å². The molecule has 0 saturated heterocycles. The maximum Gasteiger partial charge on any atom is 0.125 e. The van der Waals surface area contributed by atoms with E-state index >= 15 is 0 Å². The van der Waals surface area contributed by atoms with Crippen molar-refractivity contribution >= 4 is 0 Å². The molecule has 3 aromatic rings. The van der Waals surface area contributed by atoms with Crippen molar-refractivity contribution in [1.82, 2.24) is 15.5 Å². The fraction of sp³-hybridized carbons (Fsp3) is 0.188. The first-order chi connectivity index (χ1) is 9.84. The largest absolute Gasteiger partial charge is 0.467 e.